The number of carbonyl (C=O) groups excluding carboxylic acids is 1. The maximum Gasteiger partial charge on any atom is 0.280 e. The third-order valence-electron chi connectivity index (χ3n) is 0.964. The number of carbonyl (C=O) groups is 1. The highest BCUT2D eigenvalue weighted by atomic mass is 32.1. The van der Waals surface area contributed by atoms with E-state index in [2.05, 4.69) is 10.3 Å². The van der Waals surface area contributed by atoms with Gasteiger partial charge in [-0.25, -0.2) is 4.98 Å². The van der Waals surface area contributed by atoms with Gasteiger partial charge in [-0.05, 0) is 6.92 Å². The van der Waals surface area contributed by atoms with Gasteiger partial charge in [0.25, 0.3) is 5.91 Å². The summed E-state index contributed by atoms with van der Waals surface area (Å²) in [5.41, 5.74) is 0. The Morgan fingerprint density at radius 1 is 1.90 bits per heavy atom. The van der Waals surface area contributed by atoms with Gasteiger partial charge < -0.3 is 5.32 Å². The zero-order chi connectivity index (χ0) is 7.40. The molecule has 0 fully saturated rings. The summed E-state index contributed by atoms with van der Waals surface area (Å²) in [7, 11) is 0. The third kappa shape index (κ3) is 1.54. The fourth-order valence-corrected chi connectivity index (χ4v) is 1.12. The molecule has 3 nitrogen and oxygen atoms in total. The number of thiazole rings is 1. The zero-order valence-corrected chi connectivity index (χ0v) is 6.44. The molecule has 4 heteroatoms. The number of nitrogens with one attached hydrogen (secondary N) is 1. The number of amides is 1. The van der Waals surface area contributed by atoms with E-state index in [1.807, 2.05) is 6.92 Å². The molecule has 1 amide bonds. The van der Waals surface area contributed by atoms with Crippen molar-refractivity contribution in [2.45, 2.75) is 6.92 Å². The second-order valence-corrected chi connectivity index (χ2v) is 2.59. The van der Waals surface area contributed by atoms with E-state index >= 15 is 0 Å². The van der Waals surface area contributed by atoms with Crippen LogP contribution in [0.1, 0.15) is 16.7 Å². The van der Waals surface area contributed by atoms with Crippen molar-refractivity contribution in [2.24, 2.45) is 0 Å². The van der Waals surface area contributed by atoms with Crippen LogP contribution in [0.25, 0.3) is 0 Å². The van der Waals surface area contributed by atoms with E-state index in [1.165, 1.54) is 11.3 Å². The Labute approximate surface area is 63.1 Å². The number of nitrogens with zero attached hydrogens (tertiary/aromatic N) is 1. The van der Waals surface area contributed by atoms with Crippen LogP contribution in [0.3, 0.4) is 0 Å². The summed E-state index contributed by atoms with van der Waals surface area (Å²) >= 11 is 1.35. The minimum atomic E-state index is -0.0856. The molecular weight excluding hydrogens is 148 g/mol. The molecule has 0 radical (unpaired) electrons. The van der Waals surface area contributed by atoms with Crippen molar-refractivity contribution in [1.29, 1.82) is 0 Å². The van der Waals surface area contributed by atoms with E-state index in [0.717, 1.165) is 0 Å². The van der Waals surface area contributed by atoms with E-state index < -0.39 is 0 Å². The monoisotopic (exact) mass is 156 g/mol. The molecule has 0 atom stereocenters. The van der Waals surface area contributed by atoms with Crippen molar-refractivity contribution in [3.05, 3.63) is 16.6 Å². The van der Waals surface area contributed by atoms with Gasteiger partial charge in [0.2, 0.25) is 0 Å². The number of rotatable bonds is 2. The summed E-state index contributed by atoms with van der Waals surface area (Å²) in [5, 5.41) is 4.97. The summed E-state index contributed by atoms with van der Waals surface area (Å²) in [6, 6.07) is 0. The first kappa shape index (κ1) is 7.21. The maximum absolute atomic E-state index is 10.9. The Balaban J connectivity index is 2.59. The summed E-state index contributed by atoms with van der Waals surface area (Å²) in [6.45, 7) is 2.53. The van der Waals surface area contributed by atoms with Crippen LogP contribution < -0.4 is 5.32 Å². The molecule has 0 aliphatic heterocycles. The molecule has 0 saturated carbocycles. The second-order valence-electron chi connectivity index (χ2n) is 1.70. The summed E-state index contributed by atoms with van der Waals surface area (Å²) < 4.78 is 0. The topological polar surface area (TPSA) is 42.0 Å². The van der Waals surface area contributed by atoms with Crippen LogP contribution in [0.15, 0.2) is 11.6 Å². The zero-order valence-electron chi connectivity index (χ0n) is 5.63. The van der Waals surface area contributed by atoms with Crippen molar-refractivity contribution in [1.82, 2.24) is 10.3 Å². The minimum Gasteiger partial charge on any atom is -0.350 e. The smallest absolute Gasteiger partial charge is 0.280 e. The Bertz CT molecular complexity index is 208. The van der Waals surface area contributed by atoms with Crippen LogP contribution in [-0.2, 0) is 0 Å². The summed E-state index contributed by atoms with van der Waals surface area (Å²) in [6.07, 6.45) is 1.62. The second kappa shape index (κ2) is 3.31. The molecule has 1 aromatic rings. The van der Waals surface area contributed by atoms with Gasteiger partial charge in [-0.2, -0.15) is 0 Å². The van der Waals surface area contributed by atoms with Gasteiger partial charge in [0.05, 0.1) is 0 Å². The molecule has 0 spiro atoms. The molecule has 0 unspecified atom stereocenters. The van der Waals surface area contributed by atoms with Crippen LogP contribution in [0, 0.1) is 0 Å². The average molecular weight is 156 g/mol. The van der Waals surface area contributed by atoms with Crippen molar-refractivity contribution >= 4 is 17.2 Å². The lowest BCUT2D eigenvalue weighted by molar-refractivity contribution is 0.0955. The first-order valence-corrected chi connectivity index (χ1v) is 3.90. The highest BCUT2D eigenvalue weighted by Crippen LogP contribution is 2.02. The molecule has 1 heterocycles. The maximum atomic E-state index is 10.9. The van der Waals surface area contributed by atoms with Gasteiger partial charge in [0, 0.05) is 18.1 Å². The number of hydrogen-bond donors (Lipinski definition) is 1. The van der Waals surface area contributed by atoms with Crippen molar-refractivity contribution in [2.75, 3.05) is 6.54 Å². The van der Waals surface area contributed by atoms with Crippen molar-refractivity contribution in [3.8, 4) is 0 Å². The molecule has 0 aliphatic rings. The van der Waals surface area contributed by atoms with Gasteiger partial charge in [-0.3, -0.25) is 4.79 Å². The van der Waals surface area contributed by atoms with Crippen molar-refractivity contribution < 1.29 is 4.79 Å². The van der Waals surface area contributed by atoms with Crippen LogP contribution in [-0.4, -0.2) is 17.4 Å². The first-order chi connectivity index (χ1) is 4.84. The van der Waals surface area contributed by atoms with E-state index in [1.54, 1.807) is 11.6 Å². The lowest BCUT2D eigenvalue weighted by Gasteiger charge is -1.94. The predicted octanol–water partition coefficient (Wildman–Crippen LogP) is 0.893. The minimum absolute atomic E-state index is 0.0856. The van der Waals surface area contributed by atoms with Crippen LogP contribution >= 0.6 is 11.3 Å². The standard InChI is InChI=1S/C6H8N2OS/c1-2-7-5(9)6-8-3-4-10-6/h3-4H,2H2,1H3,(H,7,9). The molecule has 0 aromatic carbocycles. The highest BCUT2D eigenvalue weighted by molar-refractivity contribution is 7.11. The molecule has 0 aliphatic carbocycles. The first-order valence-electron chi connectivity index (χ1n) is 3.02. The molecule has 0 bridgehead atoms. The molecule has 54 valence electrons. The molecule has 10 heavy (non-hydrogen) atoms. The normalized spacial score (nSPS) is 9.30. The lowest BCUT2D eigenvalue weighted by Crippen LogP contribution is -2.22. The van der Waals surface area contributed by atoms with Gasteiger partial charge in [0.1, 0.15) is 0 Å². The molecule has 0 saturated heterocycles. The Hall–Kier alpha value is -0.900. The molecule has 1 aromatic heterocycles. The van der Waals surface area contributed by atoms with Crippen LogP contribution in [0.5, 0.6) is 0 Å². The Morgan fingerprint density at radius 2 is 2.70 bits per heavy atom. The van der Waals surface area contributed by atoms with E-state index in [-0.39, 0.29) is 5.91 Å². The lowest BCUT2D eigenvalue weighted by atomic mass is 10.6. The number of aromatic nitrogens is 1. The fraction of sp³-hybridized carbons (Fsp3) is 0.333. The van der Waals surface area contributed by atoms with E-state index in [4.69, 9.17) is 0 Å². The molecule has 1 N–H and O–H groups in total. The van der Waals surface area contributed by atoms with E-state index in [0.29, 0.717) is 11.6 Å². The largest absolute Gasteiger partial charge is 0.350 e. The van der Waals surface area contributed by atoms with Crippen LogP contribution in [0.4, 0.5) is 0 Å². The highest BCUT2D eigenvalue weighted by Gasteiger charge is 2.04. The van der Waals surface area contributed by atoms with E-state index in [9.17, 15) is 4.79 Å². The SMILES string of the molecule is CCNC(=O)c1nccs1. The van der Waals surface area contributed by atoms with Gasteiger partial charge >= 0.3 is 0 Å². The van der Waals surface area contributed by atoms with Gasteiger partial charge in [-0.1, -0.05) is 0 Å². The third-order valence-corrected chi connectivity index (χ3v) is 1.74. The Morgan fingerprint density at radius 3 is 3.20 bits per heavy atom. The van der Waals surface area contributed by atoms with Crippen LogP contribution in [0.2, 0.25) is 0 Å². The van der Waals surface area contributed by atoms with Crippen molar-refractivity contribution in [3.63, 3.8) is 0 Å². The average Bonchev–Trinajstić information content (AvgIpc) is 2.38. The quantitative estimate of drug-likeness (QED) is 0.691. The molecule has 1 rings (SSSR count). The Kier molecular flexibility index (Phi) is 2.39. The predicted molar refractivity (Wildman–Crippen MR) is 40.1 cm³/mol. The van der Waals surface area contributed by atoms with Gasteiger partial charge in [0.15, 0.2) is 5.01 Å². The summed E-state index contributed by atoms with van der Waals surface area (Å²) in [4.78, 5) is 14.8. The van der Waals surface area contributed by atoms with Gasteiger partial charge in [-0.15, -0.1) is 11.3 Å². The summed E-state index contributed by atoms with van der Waals surface area (Å²) in [5.74, 6) is -0.0856. The molecular formula is C6H8N2OS. The number of hydrogen-bond acceptors (Lipinski definition) is 3. The fourth-order valence-electron chi connectivity index (χ4n) is 0.572.